The third-order valence-corrected chi connectivity index (χ3v) is 7.08. The van der Waals surface area contributed by atoms with Crippen LogP contribution in [0.2, 0.25) is 0 Å². The van der Waals surface area contributed by atoms with E-state index in [1.165, 1.54) is 4.90 Å². The zero-order chi connectivity index (χ0) is 27.7. The summed E-state index contributed by atoms with van der Waals surface area (Å²) in [5, 5.41) is 2.83. The molecular weight excluding hydrogens is 502 g/mol. The van der Waals surface area contributed by atoms with E-state index < -0.39 is 28.5 Å². The molecule has 0 saturated carbocycles. The number of ether oxygens (including phenoxy) is 1. The second kappa shape index (κ2) is 13.1. The van der Waals surface area contributed by atoms with Crippen LogP contribution >= 0.6 is 0 Å². The van der Waals surface area contributed by atoms with Crippen molar-refractivity contribution >= 4 is 27.5 Å². The lowest BCUT2D eigenvalue weighted by Gasteiger charge is -2.31. The quantitative estimate of drug-likeness (QED) is 0.367. The standard InChI is InChI=1S/C29H35N3O5S/c1-5-18-30-29(34)23(3)31(20-24-11-9-10-22(2)19-24)28(33)21-32(38(4,35)36)25-14-16-27(17-15-25)37-26-12-7-6-8-13-26/h6-17,19,23H,5,18,20-21H2,1-4H3,(H,30,34)/t23-/m0/s1. The van der Waals surface area contributed by atoms with E-state index >= 15 is 0 Å². The van der Waals surface area contributed by atoms with Crippen LogP contribution < -0.4 is 14.4 Å². The minimum atomic E-state index is -3.81. The van der Waals surface area contributed by atoms with Crippen LogP contribution in [0.25, 0.3) is 0 Å². The Morgan fingerprint density at radius 1 is 0.947 bits per heavy atom. The number of nitrogens with zero attached hydrogens (tertiary/aromatic N) is 2. The van der Waals surface area contributed by atoms with E-state index in [2.05, 4.69) is 5.32 Å². The van der Waals surface area contributed by atoms with Crippen molar-refractivity contribution in [2.75, 3.05) is 23.7 Å². The lowest BCUT2D eigenvalue weighted by Crippen LogP contribution is -2.51. The number of rotatable bonds is 12. The van der Waals surface area contributed by atoms with Gasteiger partial charge in [0.2, 0.25) is 21.8 Å². The molecule has 202 valence electrons. The van der Waals surface area contributed by atoms with Crippen molar-refractivity contribution in [3.63, 3.8) is 0 Å². The van der Waals surface area contributed by atoms with Gasteiger partial charge in [-0.15, -0.1) is 0 Å². The molecule has 2 amide bonds. The van der Waals surface area contributed by atoms with E-state index in [0.717, 1.165) is 28.1 Å². The first-order valence-corrected chi connectivity index (χ1v) is 14.4. The van der Waals surface area contributed by atoms with E-state index in [1.54, 1.807) is 31.2 Å². The molecule has 0 bridgehead atoms. The molecular formula is C29H35N3O5S. The van der Waals surface area contributed by atoms with Gasteiger partial charge in [0.05, 0.1) is 11.9 Å². The van der Waals surface area contributed by atoms with Crippen molar-refractivity contribution < 1.29 is 22.7 Å². The Hall–Kier alpha value is -3.85. The monoisotopic (exact) mass is 537 g/mol. The highest BCUT2D eigenvalue weighted by atomic mass is 32.2. The summed E-state index contributed by atoms with van der Waals surface area (Å²) in [4.78, 5) is 27.8. The lowest BCUT2D eigenvalue weighted by atomic mass is 10.1. The van der Waals surface area contributed by atoms with Crippen LogP contribution in [0.3, 0.4) is 0 Å². The largest absolute Gasteiger partial charge is 0.457 e. The second-order valence-corrected chi connectivity index (χ2v) is 11.1. The Labute approximate surface area is 225 Å². The van der Waals surface area contributed by atoms with Crippen molar-refractivity contribution in [2.24, 2.45) is 0 Å². The number of para-hydroxylation sites is 1. The van der Waals surface area contributed by atoms with Gasteiger partial charge in [0.1, 0.15) is 24.1 Å². The fourth-order valence-electron chi connectivity index (χ4n) is 3.90. The van der Waals surface area contributed by atoms with Gasteiger partial charge in [0, 0.05) is 13.1 Å². The minimum Gasteiger partial charge on any atom is -0.457 e. The smallest absolute Gasteiger partial charge is 0.244 e. The van der Waals surface area contributed by atoms with Crippen LogP contribution in [0.4, 0.5) is 5.69 Å². The Bertz CT molecular complexity index is 1330. The molecule has 1 atom stereocenters. The molecule has 0 aliphatic heterocycles. The Kier molecular flexibility index (Phi) is 9.90. The number of anilines is 1. The van der Waals surface area contributed by atoms with Crippen LogP contribution in [-0.4, -0.2) is 50.5 Å². The highest BCUT2D eigenvalue weighted by Crippen LogP contribution is 2.26. The first-order valence-electron chi connectivity index (χ1n) is 12.5. The molecule has 0 unspecified atom stereocenters. The molecule has 0 aliphatic carbocycles. The number of aryl methyl sites for hydroxylation is 1. The topological polar surface area (TPSA) is 96.0 Å². The predicted octanol–water partition coefficient (Wildman–Crippen LogP) is 4.50. The fourth-order valence-corrected chi connectivity index (χ4v) is 4.75. The van der Waals surface area contributed by atoms with Crippen LogP contribution in [0, 0.1) is 6.92 Å². The van der Waals surface area contributed by atoms with E-state index in [1.807, 2.05) is 68.4 Å². The van der Waals surface area contributed by atoms with Crippen LogP contribution in [0.5, 0.6) is 11.5 Å². The maximum atomic E-state index is 13.6. The van der Waals surface area contributed by atoms with Gasteiger partial charge in [0.25, 0.3) is 0 Å². The summed E-state index contributed by atoms with van der Waals surface area (Å²) in [5.74, 6) is 0.404. The predicted molar refractivity (Wildman–Crippen MR) is 150 cm³/mol. The molecule has 0 saturated heterocycles. The summed E-state index contributed by atoms with van der Waals surface area (Å²) in [7, 11) is -3.81. The zero-order valence-corrected chi connectivity index (χ0v) is 23.1. The Morgan fingerprint density at radius 3 is 2.21 bits per heavy atom. The molecule has 3 aromatic rings. The normalized spacial score (nSPS) is 11.9. The first kappa shape index (κ1) is 28.7. The average Bonchev–Trinajstić information content (AvgIpc) is 2.89. The molecule has 38 heavy (non-hydrogen) atoms. The minimum absolute atomic E-state index is 0.169. The molecule has 3 rings (SSSR count). The molecule has 0 spiro atoms. The molecule has 9 heteroatoms. The Balaban J connectivity index is 1.85. The summed E-state index contributed by atoms with van der Waals surface area (Å²) < 4.78 is 32.4. The van der Waals surface area contributed by atoms with Gasteiger partial charge in [-0.2, -0.15) is 0 Å². The lowest BCUT2D eigenvalue weighted by molar-refractivity contribution is -0.139. The van der Waals surface area contributed by atoms with Gasteiger partial charge in [-0.1, -0.05) is 55.0 Å². The van der Waals surface area contributed by atoms with E-state index in [4.69, 9.17) is 4.74 Å². The average molecular weight is 538 g/mol. The van der Waals surface area contributed by atoms with Crippen LogP contribution in [-0.2, 0) is 26.2 Å². The summed E-state index contributed by atoms with van der Waals surface area (Å²) in [6.45, 7) is 5.75. The highest BCUT2D eigenvalue weighted by Gasteiger charge is 2.30. The van der Waals surface area contributed by atoms with Crippen molar-refractivity contribution in [2.45, 2.75) is 39.8 Å². The van der Waals surface area contributed by atoms with Gasteiger partial charge in [-0.25, -0.2) is 8.42 Å². The van der Waals surface area contributed by atoms with Gasteiger partial charge in [-0.3, -0.25) is 13.9 Å². The van der Waals surface area contributed by atoms with E-state index in [9.17, 15) is 18.0 Å². The first-order chi connectivity index (χ1) is 18.1. The summed E-state index contributed by atoms with van der Waals surface area (Å²) in [5.41, 5.74) is 2.19. The van der Waals surface area contributed by atoms with Gasteiger partial charge < -0.3 is 15.0 Å². The fraction of sp³-hybridized carbons (Fsp3) is 0.310. The molecule has 8 nitrogen and oxygen atoms in total. The number of hydrogen-bond acceptors (Lipinski definition) is 5. The third-order valence-electron chi connectivity index (χ3n) is 5.93. The SMILES string of the molecule is CCCNC(=O)[C@H](C)N(Cc1cccc(C)c1)C(=O)CN(c1ccc(Oc2ccccc2)cc1)S(C)(=O)=O. The van der Waals surface area contributed by atoms with E-state index in [0.29, 0.717) is 23.7 Å². The third kappa shape index (κ3) is 8.08. The van der Waals surface area contributed by atoms with Crippen molar-refractivity contribution in [1.29, 1.82) is 0 Å². The van der Waals surface area contributed by atoms with Crippen molar-refractivity contribution in [3.05, 3.63) is 90.0 Å². The maximum absolute atomic E-state index is 13.6. The zero-order valence-electron chi connectivity index (χ0n) is 22.3. The number of carbonyl (C=O) groups is 2. The number of benzene rings is 3. The molecule has 0 aromatic heterocycles. The second-order valence-electron chi connectivity index (χ2n) is 9.16. The number of amides is 2. The summed E-state index contributed by atoms with van der Waals surface area (Å²) in [6.07, 6.45) is 1.81. The van der Waals surface area contributed by atoms with Crippen molar-refractivity contribution in [1.82, 2.24) is 10.2 Å². The molecule has 0 fully saturated rings. The number of carbonyl (C=O) groups excluding carboxylic acids is 2. The summed E-state index contributed by atoms with van der Waals surface area (Å²) >= 11 is 0. The molecule has 0 heterocycles. The summed E-state index contributed by atoms with van der Waals surface area (Å²) in [6, 6.07) is 22.6. The number of hydrogen-bond donors (Lipinski definition) is 1. The maximum Gasteiger partial charge on any atom is 0.244 e. The van der Waals surface area contributed by atoms with E-state index in [-0.39, 0.29) is 12.5 Å². The number of sulfonamides is 1. The van der Waals surface area contributed by atoms with Gasteiger partial charge >= 0.3 is 0 Å². The number of nitrogens with one attached hydrogen (secondary N) is 1. The van der Waals surface area contributed by atoms with Crippen molar-refractivity contribution in [3.8, 4) is 11.5 Å². The van der Waals surface area contributed by atoms with Gasteiger partial charge in [-0.05, 0) is 62.2 Å². The van der Waals surface area contributed by atoms with Crippen LogP contribution in [0.1, 0.15) is 31.4 Å². The highest BCUT2D eigenvalue weighted by molar-refractivity contribution is 7.92. The molecule has 0 radical (unpaired) electrons. The molecule has 1 N–H and O–H groups in total. The van der Waals surface area contributed by atoms with Crippen LogP contribution in [0.15, 0.2) is 78.9 Å². The molecule has 0 aliphatic rings. The van der Waals surface area contributed by atoms with Gasteiger partial charge in [0.15, 0.2) is 0 Å². The Morgan fingerprint density at radius 2 is 1.61 bits per heavy atom. The molecule has 3 aromatic carbocycles.